The van der Waals surface area contributed by atoms with E-state index in [1.54, 1.807) is 31.2 Å². The van der Waals surface area contributed by atoms with Crippen LogP contribution in [0.15, 0.2) is 51.8 Å². The monoisotopic (exact) mass is 655 g/mol. The highest BCUT2D eigenvalue weighted by molar-refractivity contribution is 6.36. The molecule has 4 amide bonds. The molecule has 7 rings (SSSR count). The lowest BCUT2D eigenvalue weighted by molar-refractivity contribution is -0.137. The van der Waals surface area contributed by atoms with Crippen LogP contribution in [0.5, 0.6) is 0 Å². The maximum Gasteiger partial charge on any atom is 0.287 e. The van der Waals surface area contributed by atoms with E-state index in [4.69, 9.17) is 4.42 Å². The van der Waals surface area contributed by atoms with Gasteiger partial charge >= 0.3 is 0 Å². The maximum atomic E-state index is 15.1. The zero-order chi connectivity index (χ0) is 33.5. The second kappa shape index (κ2) is 12.8. The van der Waals surface area contributed by atoms with E-state index < -0.39 is 40.8 Å². The van der Waals surface area contributed by atoms with Gasteiger partial charge in [0.05, 0.1) is 0 Å². The Bertz CT molecular complexity index is 1820. The lowest BCUT2D eigenvalue weighted by Gasteiger charge is -2.56. The smallest absolute Gasteiger partial charge is 0.287 e. The van der Waals surface area contributed by atoms with Crippen LogP contribution in [0.25, 0.3) is 11.0 Å². The second-order valence-corrected chi connectivity index (χ2v) is 13.2. The molecular weight excluding hydrogens is 609 g/mol. The number of halogens is 1. The number of ketones is 1. The molecule has 4 saturated carbocycles. The molecule has 0 aliphatic heterocycles. The van der Waals surface area contributed by atoms with Crippen molar-refractivity contribution in [2.45, 2.75) is 76.2 Å². The van der Waals surface area contributed by atoms with Crippen LogP contribution in [0.3, 0.4) is 0 Å². The number of nitrogens with zero attached hydrogens (tertiary/aromatic N) is 1. The van der Waals surface area contributed by atoms with Gasteiger partial charge in [0, 0.05) is 42.4 Å². The standard InChI is InChI=1S/C34H38FN5O7.4H2/c1-18-22-6-3-4-8-26(22)47-29(18)32(45)37-23(9-10-25(41)31(44)36-2)30(43)38-24-7-5-11-40(33(24)46)17-27(42)39-28-20-12-19-13-21(28)16-34(35,14-19)15-20;;;;/h3-8,11,19-21,23,28H,9-10,12-17H2,1-2H3,(H,36,44)(H,37,45)(H,38,43)(H,39,42);4*1H/t19?,20?,21?,23-,28?,34?;;;;/m0..../s1. The molecule has 12 nitrogen and oxygen atoms in total. The number of likely N-dealkylation sites (N-methyl/N-ethyl adjacent to an activating group) is 1. The number of fused-ring (bicyclic) bond motifs is 1. The number of pyridine rings is 1. The molecule has 256 valence electrons. The number of furan rings is 1. The third kappa shape index (κ3) is 6.56. The Morgan fingerprint density at radius 1 is 1.06 bits per heavy atom. The molecule has 0 radical (unpaired) electrons. The van der Waals surface area contributed by atoms with Crippen molar-refractivity contribution in [2.75, 3.05) is 12.4 Å². The molecule has 2 aromatic heterocycles. The van der Waals surface area contributed by atoms with E-state index in [9.17, 15) is 28.8 Å². The number of hydrogen-bond donors (Lipinski definition) is 4. The lowest BCUT2D eigenvalue weighted by Crippen LogP contribution is -2.60. The Balaban J connectivity index is 0.00000225. The minimum absolute atomic E-state index is 0. The van der Waals surface area contributed by atoms with Gasteiger partial charge in [-0.3, -0.25) is 28.8 Å². The van der Waals surface area contributed by atoms with Gasteiger partial charge in [-0.25, -0.2) is 4.39 Å². The van der Waals surface area contributed by atoms with Crippen molar-refractivity contribution in [3.63, 3.8) is 0 Å². The highest BCUT2D eigenvalue weighted by Crippen LogP contribution is 2.57. The Labute approximate surface area is 275 Å². The fourth-order valence-electron chi connectivity index (χ4n) is 7.94. The molecule has 3 aromatic rings. The van der Waals surface area contributed by atoms with Crippen LogP contribution in [-0.4, -0.2) is 58.8 Å². The summed E-state index contributed by atoms with van der Waals surface area (Å²) in [6, 6.07) is 8.47. The first-order valence-electron chi connectivity index (χ1n) is 16.0. The largest absolute Gasteiger partial charge is 0.451 e. The van der Waals surface area contributed by atoms with Crippen molar-refractivity contribution in [3.8, 4) is 0 Å². The second-order valence-electron chi connectivity index (χ2n) is 13.2. The van der Waals surface area contributed by atoms with E-state index in [0.717, 1.165) is 22.8 Å². The fraction of sp³-hybridized carbons (Fsp3) is 0.471. The van der Waals surface area contributed by atoms with Crippen LogP contribution in [0.2, 0.25) is 0 Å². The van der Waals surface area contributed by atoms with Gasteiger partial charge in [-0.1, -0.05) is 18.2 Å². The molecule has 4 fully saturated rings. The van der Waals surface area contributed by atoms with Crippen molar-refractivity contribution >= 4 is 46.1 Å². The number of Topliss-reactive ketones (excluding diaryl/α,β-unsaturated/α-hetero) is 1. The van der Waals surface area contributed by atoms with Crippen LogP contribution >= 0.6 is 0 Å². The Kier molecular flexibility index (Phi) is 8.73. The van der Waals surface area contributed by atoms with Crippen molar-refractivity contribution in [2.24, 2.45) is 17.8 Å². The first-order chi connectivity index (χ1) is 22.4. The summed E-state index contributed by atoms with van der Waals surface area (Å²) in [7, 11) is 1.30. The fourth-order valence-corrected chi connectivity index (χ4v) is 7.94. The van der Waals surface area contributed by atoms with Gasteiger partial charge in [0.2, 0.25) is 17.6 Å². The molecule has 2 unspecified atom stereocenters. The highest BCUT2D eigenvalue weighted by Gasteiger charge is 2.56. The van der Waals surface area contributed by atoms with E-state index >= 15 is 4.39 Å². The lowest BCUT2D eigenvalue weighted by atomic mass is 9.53. The van der Waals surface area contributed by atoms with Gasteiger partial charge in [0.15, 0.2) is 5.76 Å². The summed E-state index contributed by atoms with van der Waals surface area (Å²) in [5.41, 5.74) is -0.881. The number of rotatable bonds is 11. The van der Waals surface area contributed by atoms with Crippen molar-refractivity contribution < 1.29 is 38.5 Å². The average Bonchev–Trinajstić information content (AvgIpc) is 3.37. The first-order valence-corrected chi connectivity index (χ1v) is 16.0. The van der Waals surface area contributed by atoms with Crippen LogP contribution in [-0.2, 0) is 25.7 Å². The summed E-state index contributed by atoms with van der Waals surface area (Å²) in [6.45, 7) is 1.41. The number of carbonyl (C=O) groups excluding carboxylic acids is 5. The number of para-hydroxylation sites is 1. The van der Waals surface area contributed by atoms with Crippen LogP contribution in [0.1, 0.15) is 66.8 Å². The average molecular weight is 656 g/mol. The minimum Gasteiger partial charge on any atom is -0.451 e. The number of alkyl halides is 1. The number of aryl methyl sites for hydroxylation is 1. The number of anilines is 1. The number of amides is 4. The molecule has 4 bridgehead atoms. The highest BCUT2D eigenvalue weighted by atomic mass is 19.1. The van der Waals surface area contributed by atoms with Gasteiger partial charge in [0.1, 0.15) is 29.5 Å². The van der Waals surface area contributed by atoms with E-state index in [1.165, 1.54) is 25.4 Å². The molecular formula is C34H46FN5O7. The molecule has 0 spiro atoms. The van der Waals surface area contributed by atoms with Crippen molar-refractivity contribution in [3.05, 3.63) is 64.3 Å². The summed E-state index contributed by atoms with van der Waals surface area (Å²) in [6.07, 6.45) is 4.15. The molecule has 47 heavy (non-hydrogen) atoms. The third-order valence-corrected chi connectivity index (χ3v) is 9.93. The minimum atomic E-state index is -1.32. The zero-order valence-corrected chi connectivity index (χ0v) is 26.3. The summed E-state index contributed by atoms with van der Waals surface area (Å²) in [5.74, 6) is -2.99. The molecule has 2 heterocycles. The Morgan fingerprint density at radius 2 is 1.79 bits per heavy atom. The molecule has 1 aromatic carbocycles. The molecule has 3 atom stereocenters. The zero-order valence-electron chi connectivity index (χ0n) is 26.3. The first kappa shape index (κ1) is 32.1. The molecule has 13 heteroatoms. The van der Waals surface area contributed by atoms with E-state index in [-0.39, 0.29) is 60.3 Å². The number of aromatic nitrogens is 1. The Morgan fingerprint density at radius 3 is 2.47 bits per heavy atom. The number of hydrogen-bond acceptors (Lipinski definition) is 7. The van der Waals surface area contributed by atoms with E-state index in [1.807, 2.05) is 0 Å². The number of nitrogens with one attached hydrogen (secondary N) is 4. The van der Waals surface area contributed by atoms with Gasteiger partial charge in [0.25, 0.3) is 17.4 Å². The van der Waals surface area contributed by atoms with Crippen molar-refractivity contribution in [1.29, 1.82) is 0 Å². The Hall–Kier alpha value is -4.81. The summed E-state index contributed by atoms with van der Waals surface area (Å²) < 4.78 is 22.0. The topological polar surface area (TPSA) is 169 Å². The molecule has 0 saturated heterocycles. The third-order valence-electron chi connectivity index (χ3n) is 9.93. The maximum absolute atomic E-state index is 15.1. The summed E-state index contributed by atoms with van der Waals surface area (Å²) >= 11 is 0. The quantitative estimate of drug-likeness (QED) is 0.228. The molecule has 4 aliphatic carbocycles. The van der Waals surface area contributed by atoms with Gasteiger partial charge < -0.3 is 30.3 Å². The van der Waals surface area contributed by atoms with Crippen LogP contribution in [0, 0.1) is 24.7 Å². The summed E-state index contributed by atoms with van der Waals surface area (Å²) in [5, 5.41) is 11.1. The normalized spacial score (nSPS) is 24.8. The molecule has 4 N–H and O–H groups in total. The van der Waals surface area contributed by atoms with E-state index in [0.29, 0.717) is 36.3 Å². The molecule has 4 aliphatic rings. The number of carbonyl (C=O) groups is 5. The van der Waals surface area contributed by atoms with Gasteiger partial charge in [-0.05, 0) is 81.4 Å². The predicted octanol–water partition coefficient (Wildman–Crippen LogP) is 3.75. The van der Waals surface area contributed by atoms with Crippen LogP contribution in [0.4, 0.5) is 10.1 Å². The SMILES string of the molecule is CNC(=O)C(=O)CC[C@H](NC(=O)c1oc2ccccc2c1C)C(=O)Nc1cccn(CC(=O)NC2C3CC4CC2CC(F)(C4)C3)c1=O.[HH].[HH].[HH].[HH]. The van der Waals surface area contributed by atoms with Crippen molar-refractivity contribution in [1.82, 2.24) is 20.5 Å². The van der Waals surface area contributed by atoms with Crippen LogP contribution < -0.4 is 26.8 Å². The summed E-state index contributed by atoms with van der Waals surface area (Å²) in [4.78, 5) is 77.2. The van der Waals surface area contributed by atoms with Gasteiger partial charge in [-0.2, -0.15) is 0 Å². The number of benzene rings is 1. The van der Waals surface area contributed by atoms with E-state index in [2.05, 4.69) is 21.3 Å². The van der Waals surface area contributed by atoms with Gasteiger partial charge in [-0.15, -0.1) is 0 Å². The predicted molar refractivity (Wildman–Crippen MR) is 178 cm³/mol.